The van der Waals surface area contributed by atoms with Crippen molar-refractivity contribution in [1.82, 2.24) is 0 Å². The van der Waals surface area contributed by atoms with E-state index >= 15 is 0 Å². The molecule has 2 aromatic rings. The highest BCUT2D eigenvalue weighted by Crippen LogP contribution is 2.36. The topological polar surface area (TPSA) is 84.6 Å². The summed E-state index contributed by atoms with van der Waals surface area (Å²) < 4.78 is 5.13. The molecule has 0 heterocycles. The van der Waals surface area contributed by atoms with E-state index in [1.807, 2.05) is 24.3 Å². The van der Waals surface area contributed by atoms with Gasteiger partial charge in [0.05, 0.1) is 17.6 Å². The maximum atomic E-state index is 11.3. The van der Waals surface area contributed by atoms with E-state index in [9.17, 15) is 10.1 Å². The van der Waals surface area contributed by atoms with Gasteiger partial charge >= 0.3 is 0 Å². The van der Waals surface area contributed by atoms with Crippen LogP contribution in [0.25, 0.3) is 0 Å². The van der Waals surface area contributed by atoms with Gasteiger partial charge in [0, 0.05) is 12.3 Å². The molecule has 6 heteroatoms. The summed E-state index contributed by atoms with van der Waals surface area (Å²) in [5, 5.41) is 23.3. The number of rotatable bonds is 6. The first kappa shape index (κ1) is 15.8. The first-order valence-electron chi connectivity index (χ1n) is 6.85. The van der Waals surface area contributed by atoms with Crippen LogP contribution in [0.3, 0.4) is 0 Å². The number of nitro groups is 1. The maximum absolute atomic E-state index is 11.3. The molecule has 0 atom stereocenters. The number of nitro benzene ring substituents is 1. The normalized spacial score (nSPS) is 10.3. The quantitative estimate of drug-likeness (QED) is 0.632. The highest BCUT2D eigenvalue weighted by atomic mass is 16.6. The molecule has 0 fully saturated rings. The van der Waals surface area contributed by atoms with Crippen molar-refractivity contribution in [2.75, 3.05) is 19.0 Å². The Morgan fingerprint density at radius 1 is 1.23 bits per heavy atom. The molecule has 116 valence electrons. The second-order valence-electron chi connectivity index (χ2n) is 4.84. The molecule has 2 rings (SSSR count). The summed E-state index contributed by atoms with van der Waals surface area (Å²) >= 11 is 0. The number of hydrogen-bond acceptors (Lipinski definition) is 5. The third-order valence-corrected chi connectivity index (χ3v) is 3.42. The number of ether oxygens (including phenoxy) is 1. The van der Waals surface area contributed by atoms with E-state index in [0.717, 1.165) is 11.3 Å². The number of methoxy groups -OCH3 is 1. The van der Waals surface area contributed by atoms with Gasteiger partial charge in [-0.25, -0.2) is 0 Å². The van der Waals surface area contributed by atoms with E-state index in [1.165, 1.54) is 7.11 Å². The molecular weight excluding hydrogens is 284 g/mol. The van der Waals surface area contributed by atoms with Crippen molar-refractivity contribution < 1.29 is 14.8 Å². The Kier molecular flexibility index (Phi) is 4.95. The number of nitrogens with one attached hydrogen (secondary N) is 1. The van der Waals surface area contributed by atoms with E-state index in [1.54, 1.807) is 19.1 Å². The number of anilines is 2. The number of nitrogens with zero attached hydrogens (tertiary/aromatic N) is 1. The monoisotopic (exact) mass is 302 g/mol. The minimum Gasteiger partial charge on any atom is -0.496 e. The van der Waals surface area contributed by atoms with Crippen molar-refractivity contribution in [2.24, 2.45) is 0 Å². The zero-order valence-electron chi connectivity index (χ0n) is 12.5. The van der Waals surface area contributed by atoms with Crippen LogP contribution in [-0.2, 0) is 6.42 Å². The summed E-state index contributed by atoms with van der Waals surface area (Å²) in [5.41, 5.74) is 2.65. The second kappa shape index (κ2) is 6.91. The van der Waals surface area contributed by atoms with Crippen molar-refractivity contribution in [3.8, 4) is 5.75 Å². The Balaban J connectivity index is 2.32. The average molecular weight is 302 g/mol. The van der Waals surface area contributed by atoms with Gasteiger partial charge in [-0.05, 0) is 43.2 Å². The summed E-state index contributed by atoms with van der Waals surface area (Å²) in [7, 11) is 1.49. The molecule has 0 amide bonds. The molecule has 0 aromatic heterocycles. The van der Waals surface area contributed by atoms with Crippen LogP contribution >= 0.6 is 0 Å². The molecule has 0 unspecified atom stereocenters. The minimum atomic E-state index is -0.416. The Morgan fingerprint density at radius 3 is 2.45 bits per heavy atom. The number of aliphatic hydroxyl groups is 1. The zero-order valence-corrected chi connectivity index (χ0v) is 12.5. The largest absolute Gasteiger partial charge is 0.496 e. The lowest BCUT2D eigenvalue weighted by Crippen LogP contribution is -2.01. The third-order valence-electron chi connectivity index (χ3n) is 3.42. The number of hydrogen-bond donors (Lipinski definition) is 2. The van der Waals surface area contributed by atoms with Gasteiger partial charge in [-0.3, -0.25) is 10.1 Å². The first-order valence-corrected chi connectivity index (χ1v) is 6.85. The van der Waals surface area contributed by atoms with E-state index in [2.05, 4.69) is 5.32 Å². The molecule has 0 saturated heterocycles. The van der Waals surface area contributed by atoms with Gasteiger partial charge in [-0.1, -0.05) is 12.1 Å². The lowest BCUT2D eigenvalue weighted by Gasteiger charge is -2.11. The van der Waals surface area contributed by atoms with Crippen molar-refractivity contribution in [3.63, 3.8) is 0 Å². The third kappa shape index (κ3) is 3.35. The van der Waals surface area contributed by atoms with Crippen LogP contribution in [0, 0.1) is 17.0 Å². The molecule has 0 bridgehead atoms. The molecule has 0 aliphatic rings. The van der Waals surface area contributed by atoms with Gasteiger partial charge in [0.25, 0.3) is 5.69 Å². The molecule has 0 radical (unpaired) electrons. The van der Waals surface area contributed by atoms with Gasteiger partial charge in [0.1, 0.15) is 11.4 Å². The van der Waals surface area contributed by atoms with Crippen LogP contribution in [0.4, 0.5) is 17.1 Å². The SMILES string of the molecule is COc1ccc(Nc2ccc(CCO)cc2)c([N+](=O)[O-])c1C. The van der Waals surface area contributed by atoms with Gasteiger partial charge in [0.15, 0.2) is 0 Å². The van der Waals surface area contributed by atoms with E-state index in [-0.39, 0.29) is 12.3 Å². The lowest BCUT2D eigenvalue weighted by atomic mass is 10.1. The molecule has 0 aliphatic heterocycles. The van der Waals surface area contributed by atoms with Crippen molar-refractivity contribution in [2.45, 2.75) is 13.3 Å². The fourth-order valence-corrected chi connectivity index (χ4v) is 2.28. The highest BCUT2D eigenvalue weighted by molar-refractivity contribution is 5.74. The van der Waals surface area contributed by atoms with Crippen LogP contribution in [0.15, 0.2) is 36.4 Å². The van der Waals surface area contributed by atoms with Gasteiger partial charge < -0.3 is 15.2 Å². The summed E-state index contributed by atoms with van der Waals surface area (Å²) in [6.07, 6.45) is 0.585. The molecule has 6 nitrogen and oxygen atoms in total. The lowest BCUT2D eigenvalue weighted by molar-refractivity contribution is -0.384. The smallest absolute Gasteiger partial charge is 0.299 e. The van der Waals surface area contributed by atoms with E-state index in [0.29, 0.717) is 23.4 Å². The maximum Gasteiger partial charge on any atom is 0.299 e. The fraction of sp³-hybridized carbons (Fsp3) is 0.250. The second-order valence-corrected chi connectivity index (χ2v) is 4.84. The van der Waals surface area contributed by atoms with Gasteiger partial charge in [0.2, 0.25) is 0 Å². The first-order chi connectivity index (χ1) is 10.6. The molecule has 2 aromatic carbocycles. The molecule has 2 N–H and O–H groups in total. The van der Waals surface area contributed by atoms with E-state index in [4.69, 9.17) is 9.84 Å². The van der Waals surface area contributed by atoms with Gasteiger partial charge in [-0.2, -0.15) is 0 Å². The minimum absolute atomic E-state index is 0.00113. The predicted octanol–water partition coefficient (Wildman–Crippen LogP) is 3.19. The molecule has 0 saturated carbocycles. The summed E-state index contributed by atoms with van der Waals surface area (Å²) in [4.78, 5) is 10.9. The average Bonchev–Trinajstić information content (AvgIpc) is 2.49. The van der Waals surface area contributed by atoms with Crippen LogP contribution in [0.5, 0.6) is 5.75 Å². The van der Waals surface area contributed by atoms with Crippen molar-refractivity contribution in [3.05, 3.63) is 57.6 Å². The number of aliphatic hydroxyl groups excluding tert-OH is 1. The molecule has 22 heavy (non-hydrogen) atoms. The Hall–Kier alpha value is -2.60. The fourth-order valence-electron chi connectivity index (χ4n) is 2.28. The molecule has 0 spiro atoms. The van der Waals surface area contributed by atoms with E-state index < -0.39 is 4.92 Å². The summed E-state index contributed by atoms with van der Waals surface area (Å²) in [6, 6.07) is 10.7. The Bertz CT molecular complexity index is 669. The standard InChI is InChI=1S/C16H18N2O4/c1-11-15(22-2)8-7-14(16(11)18(20)21)17-13-5-3-12(4-6-13)9-10-19/h3-8,17,19H,9-10H2,1-2H3. The summed E-state index contributed by atoms with van der Waals surface area (Å²) in [5.74, 6) is 0.482. The zero-order chi connectivity index (χ0) is 16.1. The Morgan fingerprint density at radius 2 is 1.91 bits per heavy atom. The highest BCUT2D eigenvalue weighted by Gasteiger charge is 2.20. The summed E-state index contributed by atoms with van der Waals surface area (Å²) in [6.45, 7) is 1.75. The van der Waals surface area contributed by atoms with Crippen LogP contribution < -0.4 is 10.1 Å². The predicted molar refractivity (Wildman–Crippen MR) is 84.9 cm³/mol. The van der Waals surface area contributed by atoms with Crippen LogP contribution in [-0.4, -0.2) is 23.7 Å². The van der Waals surface area contributed by atoms with Gasteiger partial charge in [-0.15, -0.1) is 0 Å². The van der Waals surface area contributed by atoms with Crippen LogP contribution in [0.1, 0.15) is 11.1 Å². The Labute approximate surface area is 128 Å². The van der Waals surface area contributed by atoms with Crippen molar-refractivity contribution in [1.29, 1.82) is 0 Å². The van der Waals surface area contributed by atoms with Crippen LogP contribution in [0.2, 0.25) is 0 Å². The van der Waals surface area contributed by atoms with Crippen molar-refractivity contribution >= 4 is 17.1 Å². The molecule has 0 aliphatic carbocycles. The number of benzene rings is 2. The molecular formula is C16H18N2O4.